The van der Waals surface area contributed by atoms with Crippen LogP contribution in [0.25, 0.3) is 0 Å². The molecule has 3 heteroatoms. The predicted molar refractivity (Wildman–Crippen MR) is 27.1 cm³/mol. The normalized spacial score (nSPS) is 18.9. The zero-order valence-corrected chi connectivity index (χ0v) is 4.02. The molecule has 0 amide bonds. The summed E-state index contributed by atoms with van der Waals surface area (Å²) >= 11 is 0. The Hall–Kier alpha value is -0.730. The molecule has 0 aliphatic heterocycles. The summed E-state index contributed by atoms with van der Waals surface area (Å²) in [4.78, 5) is 0. The lowest BCUT2D eigenvalue weighted by Gasteiger charge is -1.90. The van der Waals surface area contributed by atoms with Gasteiger partial charge in [-0.05, 0) is 12.8 Å². The molecule has 39 valence electrons. The maximum absolute atomic E-state index is 6.68. The molecule has 0 aromatic rings. The quantitative estimate of drug-likeness (QED) is 0.341. The SMILES string of the molecule is N=C(N)[N]C1CC1. The lowest BCUT2D eigenvalue weighted by molar-refractivity contribution is 0.874. The van der Waals surface area contributed by atoms with Gasteiger partial charge >= 0.3 is 0 Å². The van der Waals surface area contributed by atoms with Crippen LogP contribution in [0.4, 0.5) is 0 Å². The van der Waals surface area contributed by atoms with E-state index in [9.17, 15) is 0 Å². The van der Waals surface area contributed by atoms with Gasteiger partial charge in [-0.2, -0.15) is 0 Å². The summed E-state index contributed by atoms with van der Waals surface area (Å²) < 4.78 is 0. The first-order valence-corrected chi connectivity index (χ1v) is 2.34. The number of hydrogen-bond acceptors (Lipinski definition) is 1. The first-order valence-electron chi connectivity index (χ1n) is 2.34. The van der Waals surface area contributed by atoms with Gasteiger partial charge in [0.05, 0.1) is 6.04 Å². The van der Waals surface area contributed by atoms with Gasteiger partial charge in [0, 0.05) is 0 Å². The second-order valence-electron chi connectivity index (χ2n) is 1.75. The summed E-state index contributed by atoms with van der Waals surface area (Å²) in [5, 5.41) is 10.4. The Labute approximate surface area is 42.4 Å². The average Bonchev–Trinajstić information content (AvgIpc) is 2.17. The van der Waals surface area contributed by atoms with Gasteiger partial charge < -0.3 is 5.73 Å². The molecule has 1 aliphatic carbocycles. The fourth-order valence-electron chi connectivity index (χ4n) is 0.400. The van der Waals surface area contributed by atoms with Gasteiger partial charge in [-0.1, -0.05) is 0 Å². The second-order valence-corrected chi connectivity index (χ2v) is 1.75. The van der Waals surface area contributed by atoms with Crippen LogP contribution in [0.15, 0.2) is 0 Å². The standard InChI is InChI=1S/C4H8N3/c5-4(6)7-3-1-2-3/h3H,1-2H2,(H3,5,6). The van der Waals surface area contributed by atoms with E-state index in [1.54, 1.807) is 0 Å². The second kappa shape index (κ2) is 1.40. The Morgan fingerprint density at radius 3 is 2.43 bits per heavy atom. The van der Waals surface area contributed by atoms with Crippen LogP contribution in [0.5, 0.6) is 0 Å². The summed E-state index contributed by atoms with van der Waals surface area (Å²) in [6, 6.07) is 0.400. The predicted octanol–water partition coefficient (Wildman–Crippen LogP) is -0.353. The van der Waals surface area contributed by atoms with Gasteiger partial charge in [-0.25, -0.2) is 5.32 Å². The summed E-state index contributed by atoms with van der Waals surface area (Å²) in [5.74, 6) is -0.0255. The molecule has 0 bridgehead atoms. The summed E-state index contributed by atoms with van der Waals surface area (Å²) in [6.07, 6.45) is 2.25. The first kappa shape index (κ1) is 4.43. The van der Waals surface area contributed by atoms with Crippen molar-refractivity contribution >= 4 is 5.96 Å². The highest BCUT2D eigenvalue weighted by molar-refractivity contribution is 5.74. The molecule has 0 heterocycles. The Bertz CT molecular complexity index is 84.9. The number of guanidine groups is 1. The fraction of sp³-hybridized carbons (Fsp3) is 0.750. The monoisotopic (exact) mass is 98.1 g/mol. The largest absolute Gasteiger partial charge is 0.369 e. The van der Waals surface area contributed by atoms with Crippen molar-refractivity contribution < 1.29 is 0 Å². The molecule has 1 saturated carbocycles. The van der Waals surface area contributed by atoms with E-state index in [2.05, 4.69) is 5.32 Å². The fourth-order valence-corrected chi connectivity index (χ4v) is 0.400. The van der Waals surface area contributed by atoms with Crippen LogP contribution in [-0.4, -0.2) is 12.0 Å². The van der Waals surface area contributed by atoms with Crippen LogP contribution >= 0.6 is 0 Å². The third-order valence-electron chi connectivity index (χ3n) is 0.869. The number of nitrogens with two attached hydrogens (primary N) is 1. The van der Waals surface area contributed by atoms with Crippen molar-refractivity contribution in [3.63, 3.8) is 0 Å². The summed E-state index contributed by atoms with van der Waals surface area (Å²) in [7, 11) is 0. The zero-order valence-electron chi connectivity index (χ0n) is 4.02. The van der Waals surface area contributed by atoms with Crippen molar-refractivity contribution in [1.82, 2.24) is 5.32 Å². The highest BCUT2D eigenvalue weighted by Crippen LogP contribution is 2.19. The average molecular weight is 98.1 g/mol. The van der Waals surface area contributed by atoms with Crippen LogP contribution in [0.3, 0.4) is 0 Å². The van der Waals surface area contributed by atoms with Crippen LogP contribution in [-0.2, 0) is 0 Å². The number of nitrogens with zero attached hydrogens (tertiary/aromatic N) is 1. The van der Waals surface area contributed by atoms with E-state index in [0.29, 0.717) is 6.04 Å². The minimum Gasteiger partial charge on any atom is -0.369 e. The lowest BCUT2D eigenvalue weighted by atomic mass is 10.7. The van der Waals surface area contributed by atoms with Crippen LogP contribution in [0.1, 0.15) is 12.8 Å². The van der Waals surface area contributed by atoms with Crippen molar-refractivity contribution in [1.29, 1.82) is 5.41 Å². The van der Waals surface area contributed by atoms with Crippen molar-refractivity contribution in [2.45, 2.75) is 18.9 Å². The molecular weight excluding hydrogens is 90.1 g/mol. The number of hydrogen-bond donors (Lipinski definition) is 2. The Morgan fingerprint density at radius 1 is 1.71 bits per heavy atom. The van der Waals surface area contributed by atoms with Crippen molar-refractivity contribution in [3.05, 3.63) is 0 Å². The topological polar surface area (TPSA) is 64.0 Å². The maximum atomic E-state index is 6.68. The van der Waals surface area contributed by atoms with Crippen LogP contribution in [0.2, 0.25) is 0 Å². The number of nitrogens with one attached hydrogen (secondary N) is 1. The smallest absolute Gasteiger partial charge is 0.208 e. The van der Waals surface area contributed by atoms with E-state index in [4.69, 9.17) is 11.1 Å². The molecule has 1 aliphatic rings. The summed E-state index contributed by atoms with van der Waals surface area (Å²) in [5.41, 5.74) is 4.95. The maximum Gasteiger partial charge on any atom is 0.208 e. The molecule has 0 atom stereocenters. The molecule has 1 rings (SSSR count). The Kier molecular flexibility index (Phi) is 0.889. The van der Waals surface area contributed by atoms with E-state index in [1.165, 1.54) is 0 Å². The highest BCUT2D eigenvalue weighted by Gasteiger charge is 2.22. The Morgan fingerprint density at radius 2 is 2.29 bits per heavy atom. The van der Waals surface area contributed by atoms with Gasteiger partial charge in [0.2, 0.25) is 5.96 Å². The van der Waals surface area contributed by atoms with Gasteiger partial charge in [-0.15, -0.1) is 0 Å². The van der Waals surface area contributed by atoms with E-state index in [1.807, 2.05) is 0 Å². The lowest BCUT2D eigenvalue weighted by Crippen LogP contribution is -2.24. The van der Waals surface area contributed by atoms with Gasteiger partial charge in [-0.3, -0.25) is 5.41 Å². The van der Waals surface area contributed by atoms with Crippen LogP contribution < -0.4 is 11.1 Å². The molecule has 0 spiro atoms. The molecule has 1 fully saturated rings. The first-order chi connectivity index (χ1) is 3.29. The van der Waals surface area contributed by atoms with Crippen LogP contribution in [0, 0.1) is 5.41 Å². The van der Waals surface area contributed by atoms with E-state index in [0.717, 1.165) is 12.8 Å². The van der Waals surface area contributed by atoms with Gasteiger partial charge in [0.1, 0.15) is 0 Å². The number of rotatable bonds is 1. The molecule has 3 N–H and O–H groups in total. The molecule has 0 aromatic carbocycles. The van der Waals surface area contributed by atoms with Crippen molar-refractivity contribution in [2.75, 3.05) is 0 Å². The molecule has 0 aromatic heterocycles. The summed E-state index contributed by atoms with van der Waals surface area (Å²) in [6.45, 7) is 0. The van der Waals surface area contributed by atoms with Gasteiger partial charge in [0.15, 0.2) is 0 Å². The third-order valence-corrected chi connectivity index (χ3v) is 0.869. The van der Waals surface area contributed by atoms with Gasteiger partial charge in [0.25, 0.3) is 0 Å². The molecule has 0 unspecified atom stereocenters. The van der Waals surface area contributed by atoms with Crippen molar-refractivity contribution in [2.24, 2.45) is 5.73 Å². The van der Waals surface area contributed by atoms with E-state index < -0.39 is 0 Å². The van der Waals surface area contributed by atoms with Crippen molar-refractivity contribution in [3.8, 4) is 0 Å². The minimum absolute atomic E-state index is 0.0255. The van der Waals surface area contributed by atoms with E-state index >= 15 is 0 Å². The molecular formula is C4H8N3. The Balaban J connectivity index is 2.08. The zero-order chi connectivity index (χ0) is 5.28. The molecule has 3 nitrogen and oxygen atoms in total. The van der Waals surface area contributed by atoms with E-state index in [-0.39, 0.29) is 5.96 Å². The third kappa shape index (κ3) is 1.43. The minimum atomic E-state index is -0.0255. The molecule has 1 radical (unpaired) electrons. The molecule has 0 saturated heterocycles. The highest BCUT2D eigenvalue weighted by atomic mass is 15.1. The molecule has 7 heavy (non-hydrogen) atoms.